The smallest absolute Gasteiger partial charge is 0.247 e. The maximum absolute atomic E-state index is 12.6. The predicted molar refractivity (Wildman–Crippen MR) is 94.4 cm³/mol. The van der Waals surface area contributed by atoms with Crippen LogP contribution in [0.4, 0.5) is 5.69 Å². The van der Waals surface area contributed by atoms with Gasteiger partial charge in [0.1, 0.15) is 11.8 Å². The third kappa shape index (κ3) is 3.76. The molecule has 1 aliphatic rings. The van der Waals surface area contributed by atoms with Gasteiger partial charge in [-0.25, -0.2) is 0 Å². The fraction of sp³-hybridized carbons (Fsp3) is 0.333. The monoisotopic (exact) mass is 344 g/mol. The van der Waals surface area contributed by atoms with Crippen LogP contribution in [0.1, 0.15) is 17.7 Å². The number of ether oxygens (including phenoxy) is 1. The maximum atomic E-state index is 12.6. The highest BCUT2D eigenvalue weighted by molar-refractivity contribution is 7.10. The number of hydrogen-bond acceptors (Lipinski definition) is 4. The summed E-state index contributed by atoms with van der Waals surface area (Å²) in [6.07, 6.45) is 1.93. The Morgan fingerprint density at radius 1 is 1.29 bits per heavy atom. The van der Waals surface area contributed by atoms with Gasteiger partial charge >= 0.3 is 0 Å². The van der Waals surface area contributed by atoms with Crippen molar-refractivity contribution >= 4 is 28.8 Å². The van der Waals surface area contributed by atoms with Crippen LogP contribution < -0.4 is 10.1 Å². The zero-order chi connectivity index (χ0) is 16.9. The average molecular weight is 344 g/mol. The quantitative estimate of drug-likeness (QED) is 0.907. The number of likely N-dealkylation sites (tertiary alicyclic amines) is 1. The summed E-state index contributed by atoms with van der Waals surface area (Å²) in [5.74, 6) is 0.628. The number of methoxy groups -OCH3 is 1. The van der Waals surface area contributed by atoms with Crippen LogP contribution >= 0.6 is 11.3 Å². The predicted octanol–water partition coefficient (Wildman–Crippen LogP) is 2.93. The van der Waals surface area contributed by atoms with Gasteiger partial charge in [-0.2, -0.15) is 0 Å². The third-order valence-corrected chi connectivity index (χ3v) is 5.02. The number of benzene rings is 1. The van der Waals surface area contributed by atoms with Gasteiger partial charge in [0.2, 0.25) is 11.8 Å². The van der Waals surface area contributed by atoms with E-state index in [4.69, 9.17) is 4.74 Å². The van der Waals surface area contributed by atoms with Gasteiger partial charge in [-0.05, 0) is 48.6 Å². The van der Waals surface area contributed by atoms with Gasteiger partial charge in [0.05, 0.1) is 13.5 Å². The van der Waals surface area contributed by atoms with E-state index in [-0.39, 0.29) is 17.9 Å². The van der Waals surface area contributed by atoms with Crippen LogP contribution in [0.3, 0.4) is 0 Å². The first-order valence-electron chi connectivity index (χ1n) is 7.94. The molecule has 0 bridgehead atoms. The van der Waals surface area contributed by atoms with Gasteiger partial charge in [-0.15, -0.1) is 11.3 Å². The minimum absolute atomic E-state index is 0.0184. The van der Waals surface area contributed by atoms with Crippen molar-refractivity contribution in [1.29, 1.82) is 0 Å². The highest BCUT2D eigenvalue weighted by Crippen LogP contribution is 2.22. The second kappa shape index (κ2) is 7.49. The largest absolute Gasteiger partial charge is 0.497 e. The Morgan fingerprint density at radius 3 is 2.75 bits per heavy atom. The summed E-state index contributed by atoms with van der Waals surface area (Å²) >= 11 is 1.57. The van der Waals surface area contributed by atoms with E-state index >= 15 is 0 Å². The van der Waals surface area contributed by atoms with E-state index in [0.29, 0.717) is 25.1 Å². The second-order valence-electron chi connectivity index (χ2n) is 5.72. The summed E-state index contributed by atoms with van der Waals surface area (Å²) < 4.78 is 5.11. The Kier molecular flexibility index (Phi) is 5.15. The molecule has 126 valence electrons. The van der Waals surface area contributed by atoms with Crippen molar-refractivity contribution in [2.75, 3.05) is 19.0 Å². The van der Waals surface area contributed by atoms with E-state index < -0.39 is 0 Å². The van der Waals surface area contributed by atoms with Crippen LogP contribution in [-0.2, 0) is 16.0 Å². The van der Waals surface area contributed by atoms with E-state index in [1.807, 2.05) is 17.5 Å². The van der Waals surface area contributed by atoms with E-state index in [1.165, 1.54) is 0 Å². The number of hydrogen-bond donors (Lipinski definition) is 1. The molecule has 0 aliphatic carbocycles. The molecule has 0 unspecified atom stereocenters. The fourth-order valence-electron chi connectivity index (χ4n) is 2.90. The van der Waals surface area contributed by atoms with Gasteiger partial charge in [-0.3, -0.25) is 9.59 Å². The molecule has 5 nitrogen and oxygen atoms in total. The first kappa shape index (κ1) is 16.5. The highest BCUT2D eigenvalue weighted by atomic mass is 32.1. The number of nitrogens with zero attached hydrogens (tertiary/aromatic N) is 1. The van der Waals surface area contributed by atoms with E-state index in [9.17, 15) is 9.59 Å². The molecule has 0 radical (unpaired) electrons. The van der Waals surface area contributed by atoms with Crippen LogP contribution in [0.25, 0.3) is 0 Å². The number of carbonyl (C=O) groups excluding carboxylic acids is 2. The number of amides is 2. The molecular formula is C18H20N2O3S. The maximum Gasteiger partial charge on any atom is 0.247 e. The summed E-state index contributed by atoms with van der Waals surface area (Å²) in [5, 5.41) is 4.85. The van der Waals surface area contributed by atoms with Crippen LogP contribution in [0.2, 0.25) is 0 Å². The normalized spacial score (nSPS) is 16.9. The molecule has 24 heavy (non-hydrogen) atoms. The fourth-order valence-corrected chi connectivity index (χ4v) is 3.60. The number of nitrogens with one attached hydrogen (secondary N) is 1. The van der Waals surface area contributed by atoms with E-state index in [2.05, 4.69) is 5.32 Å². The molecule has 6 heteroatoms. The van der Waals surface area contributed by atoms with Crippen LogP contribution in [-0.4, -0.2) is 36.4 Å². The minimum Gasteiger partial charge on any atom is -0.497 e. The second-order valence-corrected chi connectivity index (χ2v) is 6.75. The van der Waals surface area contributed by atoms with Crippen molar-refractivity contribution in [3.63, 3.8) is 0 Å². The molecule has 1 fully saturated rings. The van der Waals surface area contributed by atoms with Gasteiger partial charge < -0.3 is 15.0 Å². The Morgan fingerprint density at radius 2 is 2.08 bits per heavy atom. The van der Waals surface area contributed by atoms with E-state index in [1.54, 1.807) is 47.6 Å². The average Bonchev–Trinajstić information content (AvgIpc) is 3.27. The van der Waals surface area contributed by atoms with E-state index in [0.717, 1.165) is 17.0 Å². The lowest BCUT2D eigenvalue weighted by molar-refractivity contribution is -0.136. The van der Waals surface area contributed by atoms with Crippen molar-refractivity contribution < 1.29 is 14.3 Å². The molecule has 1 atom stereocenters. The Balaban J connectivity index is 1.63. The minimum atomic E-state index is -0.389. The number of anilines is 1. The lowest BCUT2D eigenvalue weighted by Gasteiger charge is -2.24. The Hall–Kier alpha value is -2.34. The molecule has 1 saturated heterocycles. The van der Waals surface area contributed by atoms with Crippen molar-refractivity contribution in [3.8, 4) is 5.75 Å². The molecule has 2 heterocycles. The SMILES string of the molecule is COc1ccc(NC(=O)[C@@H]2CCCN2C(=O)Cc2cccs2)cc1. The third-order valence-electron chi connectivity index (χ3n) is 4.14. The molecule has 0 spiro atoms. The standard InChI is InChI=1S/C18H20N2O3S/c1-23-14-8-6-13(7-9-14)19-18(22)16-5-2-10-20(16)17(21)12-15-4-3-11-24-15/h3-4,6-9,11,16H,2,5,10,12H2,1H3,(H,19,22)/t16-/m0/s1. The topological polar surface area (TPSA) is 58.6 Å². The molecule has 0 saturated carbocycles. The molecule has 1 aliphatic heterocycles. The number of rotatable bonds is 5. The van der Waals surface area contributed by atoms with Crippen molar-refractivity contribution in [1.82, 2.24) is 4.90 Å². The lowest BCUT2D eigenvalue weighted by Crippen LogP contribution is -2.43. The first-order valence-corrected chi connectivity index (χ1v) is 8.82. The van der Waals surface area contributed by atoms with Crippen molar-refractivity contribution in [2.24, 2.45) is 0 Å². The van der Waals surface area contributed by atoms with Crippen LogP contribution in [0, 0.1) is 0 Å². The first-order chi connectivity index (χ1) is 11.7. The van der Waals surface area contributed by atoms with Gasteiger partial charge in [0.25, 0.3) is 0 Å². The molecule has 1 N–H and O–H groups in total. The van der Waals surface area contributed by atoms with Crippen molar-refractivity contribution in [2.45, 2.75) is 25.3 Å². The summed E-state index contributed by atoms with van der Waals surface area (Å²) in [4.78, 5) is 27.8. The zero-order valence-corrected chi connectivity index (χ0v) is 14.3. The lowest BCUT2D eigenvalue weighted by atomic mass is 10.2. The molecule has 1 aromatic carbocycles. The molecule has 3 rings (SSSR count). The van der Waals surface area contributed by atoms with Gasteiger partial charge in [-0.1, -0.05) is 6.07 Å². The van der Waals surface area contributed by atoms with Crippen LogP contribution in [0.5, 0.6) is 5.75 Å². The summed E-state index contributed by atoms with van der Waals surface area (Å²) in [6.45, 7) is 0.644. The number of carbonyl (C=O) groups is 2. The van der Waals surface area contributed by atoms with Gasteiger partial charge in [0.15, 0.2) is 0 Å². The molecule has 2 aromatic rings. The summed E-state index contributed by atoms with van der Waals surface area (Å²) in [7, 11) is 1.60. The Labute approximate surface area is 145 Å². The number of thiophene rings is 1. The summed E-state index contributed by atoms with van der Waals surface area (Å²) in [5.41, 5.74) is 0.707. The Bertz CT molecular complexity index is 698. The highest BCUT2D eigenvalue weighted by Gasteiger charge is 2.34. The van der Waals surface area contributed by atoms with Crippen LogP contribution in [0.15, 0.2) is 41.8 Å². The van der Waals surface area contributed by atoms with Gasteiger partial charge in [0, 0.05) is 17.1 Å². The molecule has 1 aromatic heterocycles. The molecular weight excluding hydrogens is 324 g/mol. The molecule has 2 amide bonds. The van der Waals surface area contributed by atoms with Crippen molar-refractivity contribution in [3.05, 3.63) is 46.7 Å². The zero-order valence-electron chi connectivity index (χ0n) is 13.5. The summed E-state index contributed by atoms with van der Waals surface area (Å²) in [6, 6.07) is 10.7.